The summed E-state index contributed by atoms with van der Waals surface area (Å²) in [5, 5.41) is 4.07. The molecule has 124 valence electrons. The van der Waals surface area contributed by atoms with Crippen LogP contribution in [0.15, 0.2) is 34.3 Å². The Kier molecular flexibility index (Phi) is 4.89. The van der Waals surface area contributed by atoms with Crippen molar-refractivity contribution in [3.8, 4) is 5.75 Å². The van der Waals surface area contributed by atoms with E-state index in [2.05, 4.69) is 10.5 Å². The predicted molar refractivity (Wildman–Crippen MR) is 89.1 cm³/mol. The minimum atomic E-state index is -3.29. The fourth-order valence-electron chi connectivity index (χ4n) is 2.37. The summed E-state index contributed by atoms with van der Waals surface area (Å²) in [5.74, 6) is 0.414. The average molecular weight is 336 g/mol. The molecule has 0 aliphatic carbocycles. The Morgan fingerprint density at radius 2 is 2.13 bits per heavy atom. The molecule has 0 aromatic heterocycles. The van der Waals surface area contributed by atoms with Gasteiger partial charge in [-0.1, -0.05) is 6.92 Å². The van der Waals surface area contributed by atoms with Crippen molar-refractivity contribution in [2.75, 3.05) is 13.4 Å². The zero-order chi connectivity index (χ0) is 17.2. The maximum absolute atomic E-state index is 11.6. The summed E-state index contributed by atoms with van der Waals surface area (Å²) in [4.78, 5) is 11.5. The topological polar surface area (TPSA) is 84.8 Å². The molecule has 1 N–H and O–H groups in total. The highest BCUT2D eigenvalue weighted by atomic mass is 32.2. The monoisotopic (exact) mass is 336 g/mol. The number of hydrogen-bond donors (Lipinski definition) is 1. The lowest BCUT2D eigenvalue weighted by atomic mass is 9.96. The number of hydrazone groups is 1. The number of sulfone groups is 1. The molecule has 1 aliphatic heterocycles. The average Bonchev–Trinajstić information content (AvgIpc) is 2.48. The van der Waals surface area contributed by atoms with Gasteiger partial charge in [0, 0.05) is 24.2 Å². The van der Waals surface area contributed by atoms with Crippen LogP contribution in [0.5, 0.6) is 5.75 Å². The fraction of sp³-hybridized carbons (Fsp3) is 0.375. The molecule has 1 heterocycles. The van der Waals surface area contributed by atoms with Gasteiger partial charge >= 0.3 is 0 Å². The summed E-state index contributed by atoms with van der Waals surface area (Å²) < 4.78 is 28.6. The molecule has 2 rings (SSSR count). The Morgan fingerprint density at radius 3 is 2.70 bits per heavy atom. The van der Waals surface area contributed by atoms with Gasteiger partial charge in [-0.05, 0) is 36.8 Å². The highest BCUT2D eigenvalue weighted by Gasteiger charge is 2.19. The molecule has 0 spiro atoms. The van der Waals surface area contributed by atoms with E-state index in [-0.39, 0.29) is 16.7 Å². The number of nitrogens with one attached hydrogen (secondary N) is 1. The highest BCUT2D eigenvalue weighted by Crippen LogP contribution is 2.29. The van der Waals surface area contributed by atoms with Crippen molar-refractivity contribution in [3.05, 3.63) is 29.8 Å². The SMILES string of the molecule is COc1cc(S(C)(=O)=O)ccc1C(C)=CC1=NNC(=O)CC1C. The maximum atomic E-state index is 11.6. The molecule has 0 saturated heterocycles. The predicted octanol–water partition coefficient (Wildman–Crippen LogP) is 2.01. The van der Waals surface area contributed by atoms with Gasteiger partial charge in [-0.2, -0.15) is 5.10 Å². The zero-order valence-electron chi connectivity index (χ0n) is 13.6. The van der Waals surface area contributed by atoms with Gasteiger partial charge in [-0.3, -0.25) is 4.79 Å². The minimum Gasteiger partial charge on any atom is -0.496 e. The van der Waals surface area contributed by atoms with Gasteiger partial charge in [0.1, 0.15) is 5.75 Å². The van der Waals surface area contributed by atoms with Crippen LogP contribution in [0.4, 0.5) is 0 Å². The van der Waals surface area contributed by atoms with Gasteiger partial charge in [0.05, 0.1) is 17.7 Å². The first-order valence-corrected chi connectivity index (χ1v) is 9.04. The van der Waals surface area contributed by atoms with Crippen LogP contribution in [-0.2, 0) is 14.6 Å². The van der Waals surface area contributed by atoms with Gasteiger partial charge < -0.3 is 4.74 Å². The normalized spacial score (nSPS) is 19.1. The third-order valence-electron chi connectivity index (χ3n) is 3.70. The number of nitrogens with zero attached hydrogens (tertiary/aromatic N) is 1. The maximum Gasteiger partial charge on any atom is 0.240 e. The van der Waals surface area contributed by atoms with E-state index in [4.69, 9.17) is 4.74 Å². The van der Waals surface area contributed by atoms with E-state index < -0.39 is 9.84 Å². The van der Waals surface area contributed by atoms with Gasteiger partial charge in [0.15, 0.2) is 9.84 Å². The molecule has 1 aromatic rings. The Labute approximate surface area is 136 Å². The summed E-state index contributed by atoms with van der Waals surface area (Å²) in [6, 6.07) is 4.78. The molecular formula is C16H20N2O4S. The Morgan fingerprint density at radius 1 is 1.43 bits per heavy atom. The van der Waals surface area contributed by atoms with Gasteiger partial charge in [-0.15, -0.1) is 0 Å². The molecule has 1 amide bonds. The molecule has 7 heteroatoms. The van der Waals surface area contributed by atoms with Gasteiger partial charge in [0.2, 0.25) is 5.91 Å². The summed E-state index contributed by atoms with van der Waals surface area (Å²) in [6.07, 6.45) is 3.43. The second-order valence-corrected chi connectivity index (χ2v) is 7.65. The number of amides is 1. The largest absolute Gasteiger partial charge is 0.496 e. The van der Waals surface area contributed by atoms with Crippen LogP contribution in [0.3, 0.4) is 0 Å². The van der Waals surface area contributed by atoms with Crippen molar-refractivity contribution in [1.29, 1.82) is 0 Å². The highest BCUT2D eigenvalue weighted by molar-refractivity contribution is 7.90. The van der Waals surface area contributed by atoms with Crippen LogP contribution in [0.1, 0.15) is 25.8 Å². The number of carbonyl (C=O) groups is 1. The van der Waals surface area contributed by atoms with E-state index in [1.165, 1.54) is 13.2 Å². The van der Waals surface area contributed by atoms with E-state index in [0.29, 0.717) is 12.2 Å². The Bertz CT molecular complexity index is 794. The van der Waals surface area contributed by atoms with Gasteiger partial charge in [-0.25, -0.2) is 13.8 Å². The fourth-order valence-corrected chi connectivity index (χ4v) is 3.00. The first-order chi connectivity index (χ1) is 10.7. The third-order valence-corrected chi connectivity index (χ3v) is 4.81. The molecule has 6 nitrogen and oxygen atoms in total. The molecule has 1 atom stereocenters. The molecule has 23 heavy (non-hydrogen) atoms. The van der Waals surface area contributed by atoms with Crippen LogP contribution in [0.2, 0.25) is 0 Å². The quantitative estimate of drug-likeness (QED) is 0.911. The third kappa shape index (κ3) is 3.98. The lowest BCUT2D eigenvalue weighted by Crippen LogP contribution is -2.30. The molecule has 0 saturated carbocycles. The summed E-state index contributed by atoms with van der Waals surface area (Å²) in [6.45, 7) is 3.83. The van der Waals surface area contributed by atoms with Crippen molar-refractivity contribution < 1.29 is 17.9 Å². The standard InChI is InChI=1S/C16H20N2O4S/c1-10(7-14-11(2)8-16(19)18-17-14)13-6-5-12(23(4,20)21)9-15(13)22-3/h5-7,9,11H,8H2,1-4H3,(H,18,19). The first-order valence-electron chi connectivity index (χ1n) is 7.15. The number of carbonyl (C=O) groups excluding carboxylic acids is 1. The molecule has 1 aromatic carbocycles. The van der Waals surface area contributed by atoms with Crippen molar-refractivity contribution in [1.82, 2.24) is 5.43 Å². The van der Waals surface area contributed by atoms with Crippen LogP contribution >= 0.6 is 0 Å². The molecule has 0 bridgehead atoms. The molecule has 0 fully saturated rings. The summed E-state index contributed by atoms with van der Waals surface area (Å²) >= 11 is 0. The van der Waals surface area contributed by atoms with E-state index in [0.717, 1.165) is 23.1 Å². The smallest absolute Gasteiger partial charge is 0.240 e. The zero-order valence-corrected chi connectivity index (χ0v) is 14.4. The second kappa shape index (κ2) is 6.54. The van der Waals surface area contributed by atoms with E-state index in [9.17, 15) is 13.2 Å². The summed E-state index contributed by atoms with van der Waals surface area (Å²) in [7, 11) is -1.79. The number of rotatable bonds is 4. The van der Waals surface area contributed by atoms with Gasteiger partial charge in [0.25, 0.3) is 0 Å². The Hall–Kier alpha value is -2.15. The summed E-state index contributed by atoms with van der Waals surface area (Å²) in [5.41, 5.74) is 4.91. The van der Waals surface area contributed by atoms with E-state index in [1.807, 2.05) is 19.9 Å². The van der Waals surface area contributed by atoms with E-state index >= 15 is 0 Å². The lowest BCUT2D eigenvalue weighted by molar-refractivity contribution is -0.121. The van der Waals surface area contributed by atoms with Crippen molar-refractivity contribution in [3.63, 3.8) is 0 Å². The van der Waals surface area contributed by atoms with Crippen molar-refractivity contribution >= 4 is 27.0 Å². The number of allylic oxidation sites excluding steroid dienone is 2. The number of benzene rings is 1. The molecule has 1 aliphatic rings. The molecule has 0 radical (unpaired) electrons. The van der Waals surface area contributed by atoms with Crippen LogP contribution < -0.4 is 10.2 Å². The van der Waals surface area contributed by atoms with E-state index in [1.54, 1.807) is 12.1 Å². The van der Waals surface area contributed by atoms with Crippen LogP contribution in [-0.4, -0.2) is 33.4 Å². The minimum absolute atomic E-state index is 0.0278. The van der Waals surface area contributed by atoms with Crippen molar-refractivity contribution in [2.24, 2.45) is 11.0 Å². The van der Waals surface area contributed by atoms with Crippen molar-refractivity contribution in [2.45, 2.75) is 25.2 Å². The first kappa shape index (κ1) is 17.2. The Balaban J connectivity index is 2.41. The molecule has 1 unspecified atom stereocenters. The number of ether oxygens (including phenoxy) is 1. The molecular weight excluding hydrogens is 316 g/mol. The number of methoxy groups -OCH3 is 1. The second-order valence-electron chi connectivity index (χ2n) is 5.64. The number of hydrogen-bond acceptors (Lipinski definition) is 5. The van der Waals surface area contributed by atoms with Crippen LogP contribution in [0, 0.1) is 5.92 Å². The lowest BCUT2D eigenvalue weighted by Gasteiger charge is -2.17. The van der Waals surface area contributed by atoms with Crippen LogP contribution in [0.25, 0.3) is 5.57 Å².